The molecule has 0 amide bonds. The van der Waals surface area contributed by atoms with Gasteiger partial charge in [0.1, 0.15) is 5.75 Å². The van der Waals surface area contributed by atoms with Crippen molar-refractivity contribution < 1.29 is 9.47 Å². The van der Waals surface area contributed by atoms with Gasteiger partial charge in [0.15, 0.2) is 0 Å². The highest BCUT2D eigenvalue weighted by Gasteiger charge is 2.14. The van der Waals surface area contributed by atoms with Gasteiger partial charge in [0.2, 0.25) is 0 Å². The van der Waals surface area contributed by atoms with Crippen LogP contribution in [0.15, 0.2) is 6.20 Å². The van der Waals surface area contributed by atoms with Gasteiger partial charge in [-0.15, -0.1) is 0 Å². The molecule has 0 bridgehead atoms. The van der Waals surface area contributed by atoms with E-state index in [2.05, 4.69) is 17.2 Å². The summed E-state index contributed by atoms with van der Waals surface area (Å²) < 4.78 is 10.5. The Bertz CT molecular complexity index is 380. The molecule has 0 aliphatic carbocycles. The van der Waals surface area contributed by atoms with Gasteiger partial charge in [-0.05, 0) is 27.3 Å². The zero-order valence-electron chi connectivity index (χ0n) is 12.0. The molecule has 4 nitrogen and oxygen atoms in total. The van der Waals surface area contributed by atoms with Gasteiger partial charge in [0.05, 0.1) is 7.11 Å². The maximum absolute atomic E-state index is 5.43. The van der Waals surface area contributed by atoms with Crippen LogP contribution in [0.4, 0.5) is 0 Å². The van der Waals surface area contributed by atoms with Crippen LogP contribution < -0.4 is 10.1 Å². The topological polar surface area (TPSA) is 43.4 Å². The molecule has 0 fully saturated rings. The number of rotatable bonds is 7. The fraction of sp³-hybridized carbons (Fsp3) is 0.643. The van der Waals surface area contributed by atoms with Crippen LogP contribution in [0, 0.1) is 13.8 Å². The second-order valence-electron chi connectivity index (χ2n) is 4.52. The van der Waals surface area contributed by atoms with Crippen LogP contribution in [-0.4, -0.2) is 38.9 Å². The molecule has 4 heteroatoms. The van der Waals surface area contributed by atoms with Crippen LogP contribution in [0.5, 0.6) is 5.75 Å². The minimum absolute atomic E-state index is 0.378. The Morgan fingerprint density at radius 2 is 2.06 bits per heavy atom. The van der Waals surface area contributed by atoms with E-state index in [0.717, 1.165) is 42.0 Å². The summed E-state index contributed by atoms with van der Waals surface area (Å²) in [6.07, 6.45) is 3.75. The minimum Gasteiger partial charge on any atom is -0.496 e. The second-order valence-corrected chi connectivity index (χ2v) is 4.52. The zero-order chi connectivity index (χ0) is 13.5. The lowest BCUT2D eigenvalue weighted by Gasteiger charge is -2.18. The fourth-order valence-corrected chi connectivity index (χ4v) is 2.12. The van der Waals surface area contributed by atoms with Gasteiger partial charge in [0, 0.05) is 49.2 Å². The van der Waals surface area contributed by atoms with E-state index in [1.54, 1.807) is 14.2 Å². The monoisotopic (exact) mass is 252 g/mol. The maximum Gasteiger partial charge on any atom is 0.128 e. The van der Waals surface area contributed by atoms with Gasteiger partial charge in [0.25, 0.3) is 0 Å². The molecular formula is C14H24N2O2. The summed E-state index contributed by atoms with van der Waals surface area (Å²) in [6, 6.07) is 0.378. The van der Waals surface area contributed by atoms with Gasteiger partial charge in [-0.25, -0.2) is 0 Å². The lowest BCUT2D eigenvalue weighted by atomic mass is 10.0. The molecule has 102 valence electrons. The average Bonchev–Trinajstić information content (AvgIpc) is 2.37. The summed E-state index contributed by atoms with van der Waals surface area (Å²) in [5, 5.41) is 3.30. The van der Waals surface area contributed by atoms with Crippen molar-refractivity contribution in [1.29, 1.82) is 0 Å². The molecule has 18 heavy (non-hydrogen) atoms. The molecule has 1 unspecified atom stereocenters. The zero-order valence-corrected chi connectivity index (χ0v) is 12.0. The first kappa shape index (κ1) is 14.9. The van der Waals surface area contributed by atoms with Gasteiger partial charge < -0.3 is 14.8 Å². The number of ether oxygens (including phenoxy) is 2. The van der Waals surface area contributed by atoms with Crippen LogP contribution in [0.1, 0.15) is 23.2 Å². The van der Waals surface area contributed by atoms with Crippen molar-refractivity contribution in [2.45, 2.75) is 32.7 Å². The molecule has 1 atom stereocenters. The van der Waals surface area contributed by atoms with Gasteiger partial charge in [-0.1, -0.05) is 0 Å². The summed E-state index contributed by atoms with van der Waals surface area (Å²) in [4.78, 5) is 4.52. The number of methoxy groups -OCH3 is 2. The summed E-state index contributed by atoms with van der Waals surface area (Å²) in [5.74, 6) is 0.946. The molecule has 0 aromatic carbocycles. The van der Waals surface area contributed by atoms with Crippen LogP contribution >= 0.6 is 0 Å². The van der Waals surface area contributed by atoms with Gasteiger partial charge in [-0.2, -0.15) is 0 Å². The van der Waals surface area contributed by atoms with E-state index < -0.39 is 0 Å². The Morgan fingerprint density at radius 3 is 2.61 bits per heavy atom. The lowest BCUT2D eigenvalue weighted by Crippen LogP contribution is -2.29. The normalized spacial score (nSPS) is 12.5. The van der Waals surface area contributed by atoms with Crippen molar-refractivity contribution in [3.63, 3.8) is 0 Å². The van der Waals surface area contributed by atoms with Crippen molar-refractivity contribution in [2.24, 2.45) is 0 Å². The minimum atomic E-state index is 0.378. The van der Waals surface area contributed by atoms with Crippen LogP contribution in [0.25, 0.3) is 0 Å². The van der Waals surface area contributed by atoms with E-state index >= 15 is 0 Å². The van der Waals surface area contributed by atoms with E-state index in [1.165, 1.54) is 0 Å². The molecule has 0 spiro atoms. The van der Waals surface area contributed by atoms with Crippen LogP contribution in [0.3, 0.4) is 0 Å². The SMILES string of the molecule is CNC(CCOC)Cc1ncc(C)c(OC)c1C. The van der Waals surface area contributed by atoms with Gasteiger partial charge in [-0.3, -0.25) is 4.98 Å². The standard InChI is InChI=1S/C14H24N2O2/c1-10-9-16-13(11(2)14(10)18-5)8-12(15-3)6-7-17-4/h9,12,15H,6-8H2,1-5H3. The quantitative estimate of drug-likeness (QED) is 0.804. The molecule has 0 saturated heterocycles. The van der Waals surface area contributed by atoms with Crippen molar-refractivity contribution >= 4 is 0 Å². The predicted molar refractivity (Wildman–Crippen MR) is 73.3 cm³/mol. The Labute approximate surface area is 110 Å². The van der Waals surface area contributed by atoms with E-state index in [-0.39, 0.29) is 0 Å². The van der Waals surface area contributed by atoms with Crippen molar-refractivity contribution in [3.05, 3.63) is 23.0 Å². The average molecular weight is 252 g/mol. The number of aromatic nitrogens is 1. The maximum atomic E-state index is 5.43. The third kappa shape index (κ3) is 3.68. The first-order valence-electron chi connectivity index (χ1n) is 6.29. The summed E-state index contributed by atoms with van der Waals surface area (Å²) in [6.45, 7) is 4.84. The van der Waals surface area contributed by atoms with Crippen LogP contribution in [0.2, 0.25) is 0 Å². The first-order chi connectivity index (χ1) is 8.63. The van der Waals surface area contributed by atoms with Gasteiger partial charge >= 0.3 is 0 Å². The summed E-state index contributed by atoms with van der Waals surface area (Å²) in [5.41, 5.74) is 3.31. The Balaban J connectivity index is 2.83. The Morgan fingerprint density at radius 1 is 1.33 bits per heavy atom. The highest BCUT2D eigenvalue weighted by molar-refractivity contribution is 5.41. The van der Waals surface area contributed by atoms with Crippen LogP contribution in [-0.2, 0) is 11.2 Å². The number of nitrogens with zero attached hydrogens (tertiary/aromatic N) is 1. The van der Waals surface area contributed by atoms with E-state index in [9.17, 15) is 0 Å². The van der Waals surface area contributed by atoms with E-state index in [1.807, 2.05) is 20.2 Å². The Kier molecular flexibility index (Phi) is 6.09. The summed E-state index contributed by atoms with van der Waals surface area (Å²) in [7, 11) is 5.41. The lowest BCUT2D eigenvalue weighted by molar-refractivity contribution is 0.183. The predicted octanol–water partition coefficient (Wildman–Crippen LogP) is 1.87. The third-order valence-corrected chi connectivity index (χ3v) is 3.27. The first-order valence-corrected chi connectivity index (χ1v) is 6.29. The highest BCUT2D eigenvalue weighted by atomic mass is 16.5. The van der Waals surface area contributed by atoms with Crippen molar-refractivity contribution in [3.8, 4) is 5.75 Å². The van der Waals surface area contributed by atoms with E-state index in [4.69, 9.17) is 9.47 Å². The number of aryl methyl sites for hydroxylation is 1. The molecule has 1 aromatic heterocycles. The second kappa shape index (κ2) is 7.34. The number of hydrogen-bond donors (Lipinski definition) is 1. The Hall–Kier alpha value is -1.13. The molecule has 1 aromatic rings. The molecule has 1 N–H and O–H groups in total. The number of pyridine rings is 1. The highest BCUT2D eigenvalue weighted by Crippen LogP contribution is 2.24. The summed E-state index contributed by atoms with van der Waals surface area (Å²) >= 11 is 0. The molecule has 1 heterocycles. The van der Waals surface area contributed by atoms with Crippen molar-refractivity contribution in [2.75, 3.05) is 27.9 Å². The molecular weight excluding hydrogens is 228 g/mol. The molecule has 0 radical (unpaired) electrons. The van der Waals surface area contributed by atoms with Crippen molar-refractivity contribution in [1.82, 2.24) is 10.3 Å². The fourth-order valence-electron chi connectivity index (χ4n) is 2.12. The smallest absolute Gasteiger partial charge is 0.128 e. The largest absolute Gasteiger partial charge is 0.496 e. The molecule has 0 aliphatic rings. The molecule has 1 rings (SSSR count). The third-order valence-electron chi connectivity index (χ3n) is 3.27. The number of likely N-dealkylation sites (N-methyl/N-ethyl adjacent to an activating group) is 1. The number of hydrogen-bond acceptors (Lipinski definition) is 4. The van der Waals surface area contributed by atoms with E-state index in [0.29, 0.717) is 6.04 Å². The molecule has 0 saturated carbocycles. The molecule has 0 aliphatic heterocycles. The number of nitrogens with one attached hydrogen (secondary N) is 1.